The monoisotopic (exact) mass is 270 g/mol. The van der Waals surface area contributed by atoms with Gasteiger partial charge in [0.1, 0.15) is 0 Å². The number of carbonyl (C=O) groups excluding carboxylic acids is 2. The molecule has 0 heterocycles. The number of aliphatic hydroxyl groups is 1. The lowest BCUT2D eigenvalue weighted by Crippen LogP contribution is -2.45. The van der Waals surface area contributed by atoms with Crippen LogP contribution in [0.5, 0.6) is 0 Å². The lowest BCUT2D eigenvalue weighted by atomic mass is 9.86. The van der Waals surface area contributed by atoms with Gasteiger partial charge >= 0.3 is 0 Å². The van der Waals surface area contributed by atoms with E-state index in [0.717, 1.165) is 25.7 Å². The third kappa shape index (κ3) is 5.59. The fourth-order valence-electron chi connectivity index (χ4n) is 2.19. The maximum Gasteiger partial charge on any atom is 0.239 e. The SMILES string of the molecule is CC(C)(C)C(=O)NCC(=O)NC1CCC(CO)CC1. The fourth-order valence-corrected chi connectivity index (χ4v) is 2.19. The van der Waals surface area contributed by atoms with Crippen molar-refractivity contribution in [3.63, 3.8) is 0 Å². The lowest BCUT2D eigenvalue weighted by molar-refractivity contribution is -0.131. The zero-order chi connectivity index (χ0) is 14.5. The average molecular weight is 270 g/mol. The minimum absolute atomic E-state index is 0.0377. The molecule has 0 aromatic rings. The van der Waals surface area contributed by atoms with Gasteiger partial charge in [0.05, 0.1) is 6.54 Å². The summed E-state index contributed by atoms with van der Waals surface area (Å²) in [6.07, 6.45) is 3.72. The Kier molecular flexibility index (Phi) is 5.79. The molecular formula is C14H26N2O3. The minimum Gasteiger partial charge on any atom is -0.396 e. The maximum absolute atomic E-state index is 11.7. The lowest BCUT2D eigenvalue weighted by Gasteiger charge is -2.28. The smallest absolute Gasteiger partial charge is 0.239 e. The zero-order valence-corrected chi connectivity index (χ0v) is 12.2. The Bertz CT molecular complexity index is 315. The molecule has 19 heavy (non-hydrogen) atoms. The molecule has 0 bridgehead atoms. The summed E-state index contributed by atoms with van der Waals surface area (Å²) in [6.45, 7) is 5.72. The summed E-state index contributed by atoms with van der Waals surface area (Å²) < 4.78 is 0. The molecule has 5 nitrogen and oxygen atoms in total. The molecule has 0 unspecified atom stereocenters. The van der Waals surface area contributed by atoms with E-state index in [1.54, 1.807) is 0 Å². The Hall–Kier alpha value is -1.10. The molecule has 1 saturated carbocycles. The van der Waals surface area contributed by atoms with E-state index in [0.29, 0.717) is 5.92 Å². The van der Waals surface area contributed by atoms with E-state index in [4.69, 9.17) is 5.11 Å². The van der Waals surface area contributed by atoms with Crippen molar-refractivity contribution in [3.8, 4) is 0 Å². The summed E-state index contributed by atoms with van der Waals surface area (Å²) in [5, 5.41) is 14.6. The first-order valence-electron chi connectivity index (χ1n) is 7.01. The van der Waals surface area contributed by atoms with Crippen LogP contribution in [0.15, 0.2) is 0 Å². The van der Waals surface area contributed by atoms with Gasteiger partial charge in [0.2, 0.25) is 11.8 Å². The predicted octanol–water partition coefficient (Wildman–Crippen LogP) is 0.816. The van der Waals surface area contributed by atoms with Crippen LogP contribution in [-0.2, 0) is 9.59 Å². The second-order valence-corrected chi connectivity index (χ2v) is 6.40. The highest BCUT2D eigenvalue weighted by molar-refractivity contribution is 5.87. The van der Waals surface area contributed by atoms with E-state index < -0.39 is 5.41 Å². The van der Waals surface area contributed by atoms with Crippen LogP contribution in [0, 0.1) is 11.3 Å². The van der Waals surface area contributed by atoms with Crippen LogP contribution < -0.4 is 10.6 Å². The first kappa shape index (κ1) is 16.0. The topological polar surface area (TPSA) is 78.4 Å². The second kappa shape index (κ2) is 6.89. The van der Waals surface area contributed by atoms with Crippen LogP contribution in [0.3, 0.4) is 0 Å². The molecule has 3 N–H and O–H groups in total. The van der Waals surface area contributed by atoms with Gasteiger partial charge in [-0.05, 0) is 31.6 Å². The number of rotatable bonds is 4. The number of amides is 2. The molecule has 1 aliphatic carbocycles. The molecule has 5 heteroatoms. The van der Waals surface area contributed by atoms with Crippen LogP contribution in [0.1, 0.15) is 46.5 Å². The molecule has 0 saturated heterocycles. The molecule has 0 radical (unpaired) electrons. The molecule has 0 atom stereocenters. The molecule has 2 amide bonds. The van der Waals surface area contributed by atoms with E-state index in [1.807, 2.05) is 20.8 Å². The van der Waals surface area contributed by atoms with Crippen molar-refractivity contribution < 1.29 is 14.7 Å². The van der Waals surface area contributed by atoms with Gasteiger partial charge in [-0.25, -0.2) is 0 Å². The Morgan fingerprint density at radius 2 is 1.74 bits per heavy atom. The zero-order valence-electron chi connectivity index (χ0n) is 12.2. The summed E-state index contributed by atoms with van der Waals surface area (Å²) in [7, 11) is 0. The number of nitrogens with one attached hydrogen (secondary N) is 2. The van der Waals surface area contributed by atoms with Crippen molar-refractivity contribution >= 4 is 11.8 Å². The van der Waals surface area contributed by atoms with Gasteiger partial charge in [-0.3, -0.25) is 9.59 Å². The van der Waals surface area contributed by atoms with Gasteiger partial charge in [-0.1, -0.05) is 20.8 Å². The van der Waals surface area contributed by atoms with Crippen LogP contribution in [0.2, 0.25) is 0 Å². The highest BCUT2D eigenvalue weighted by Gasteiger charge is 2.24. The Labute approximate surface area is 115 Å². The fraction of sp³-hybridized carbons (Fsp3) is 0.857. The van der Waals surface area contributed by atoms with Gasteiger partial charge in [0.15, 0.2) is 0 Å². The molecule has 0 aromatic carbocycles. The highest BCUT2D eigenvalue weighted by Crippen LogP contribution is 2.23. The van der Waals surface area contributed by atoms with Gasteiger partial charge in [-0.15, -0.1) is 0 Å². The minimum atomic E-state index is -0.473. The molecule has 110 valence electrons. The Morgan fingerprint density at radius 1 is 1.16 bits per heavy atom. The highest BCUT2D eigenvalue weighted by atomic mass is 16.3. The first-order chi connectivity index (χ1) is 8.82. The Morgan fingerprint density at radius 3 is 2.21 bits per heavy atom. The predicted molar refractivity (Wildman–Crippen MR) is 73.4 cm³/mol. The number of hydrogen-bond donors (Lipinski definition) is 3. The molecule has 1 aliphatic rings. The largest absolute Gasteiger partial charge is 0.396 e. The maximum atomic E-state index is 11.7. The van der Waals surface area contributed by atoms with Crippen LogP contribution in [0.4, 0.5) is 0 Å². The Balaban J connectivity index is 2.23. The molecule has 0 spiro atoms. The first-order valence-corrected chi connectivity index (χ1v) is 7.01. The van der Waals surface area contributed by atoms with Crippen molar-refractivity contribution in [1.29, 1.82) is 0 Å². The van der Waals surface area contributed by atoms with Crippen molar-refractivity contribution in [3.05, 3.63) is 0 Å². The van der Waals surface area contributed by atoms with Crippen molar-refractivity contribution in [2.24, 2.45) is 11.3 Å². The molecule has 0 aromatic heterocycles. The van der Waals surface area contributed by atoms with Crippen LogP contribution in [0.25, 0.3) is 0 Å². The van der Waals surface area contributed by atoms with E-state index in [-0.39, 0.29) is 31.0 Å². The van der Waals surface area contributed by atoms with E-state index >= 15 is 0 Å². The molecule has 1 rings (SSSR count). The van der Waals surface area contributed by atoms with Crippen LogP contribution >= 0.6 is 0 Å². The van der Waals surface area contributed by atoms with Gasteiger partial charge in [-0.2, -0.15) is 0 Å². The van der Waals surface area contributed by atoms with Gasteiger partial charge in [0, 0.05) is 18.1 Å². The van der Waals surface area contributed by atoms with Gasteiger partial charge in [0.25, 0.3) is 0 Å². The summed E-state index contributed by atoms with van der Waals surface area (Å²) in [5.41, 5.74) is -0.473. The molecular weight excluding hydrogens is 244 g/mol. The summed E-state index contributed by atoms with van der Waals surface area (Å²) >= 11 is 0. The molecule has 1 fully saturated rings. The molecule has 0 aliphatic heterocycles. The van der Waals surface area contributed by atoms with Gasteiger partial charge < -0.3 is 15.7 Å². The summed E-state index contributed by atoms with van der Waals surface area (Å²) in [4.78, 5) is 23.3. The number of aliphatic hydroxyl groups excluding tert-OH is 1. The van der Waals surface area contributed by atoms with E-state index in [2.05, 4.69) is 10.6 Å². The quantitative estimate of drug-likeness (QED) is 0.707. The van der Waals surface area contributed by atoms with E-state index in [9.17, 15) is 9.59 Å². The summed E-state index contributed by atoms with van der Waals surface area (Å²) in [6, 6.07) is 0.182. The summed E-state index contributed by atoms with van der Waals surface area (Å²) in [5.74, 6) is 0.130. The third-order valence-corrected chi connectivity index (χ3v) is 3.56. The van der Waals surface area contributed by atoms with Crippen molar-refractivity contribution in [2.45, 2.75) is 52.5 Å². The van der Waals surface area contributed by atoms with E-state index in [1.165, 1.54) is 0 Å². The third-order valence-electron chi connectivity index (χ3n) is 3.56. The van der Waals surface area contributed by atoms with Crippen molar-refractivity contribution in [2.75, 3.05) is 13.2 Å². The van der Waals surface area contributed by atoms with Crippen molar-refractivity contribution in [1.82, 2.24) is 10.6 Å². The normalized spacial score (nSPS) is 23.8. The second-order valence-electron chi connectivity index (χ2n) is 6.40. The average Bonchev–Trinajstić information content (AvgIpc) is 2.35. The number of carbonyl (C=O) groups is 2. The standard InChI is InChI=1S/C14H26N2O3/c1-14(2,3)13(19)15-8-12(18)16-11-6-4-10(9-17)5-7-11/h10-11,17H,4-9H2,1-3H3,(H,15,19)(H,16,18). The van der Waals surface area contributed by atoms with Crippen LogP contribution in [-0.4, -0.2) is 36.1 Å². The number of hydrogen-bond acceptors (Lipinski definition) is 3.